The van der Waals surface area contributed by atoms with Crippen LogP contribution < -0.4 is 9.84 Å². The fourth-order valence-electron chi connectivity index (χ4n) is 2.53. The summed E-state index contributed by atoms with van der Waals surface area (Å²) in [4.78, 5) is 0. The van der Waals surface area contributed by atoms with E-state index in [1.54, 1.807) is 11.8 Å². The molecular weight excluding hydrogens is 264 g/mol. The molecule has 1 aliphatic rings. The Balaban J connectivity index is 1.91. The van der Waals surface area contributed by atoms with Gasteiger partial charge in [-0.3, -0.25) is 0 Å². The lowest BCUT2D eigenvalue weighted by molar-refractivity contribution is -0.523. The maximum atomic E-state index is 11.9. The van der Waals surface area contributed by atoms with Gasteiger partial charge in [-0.05, 0) is 35.8 Å². The zero-order valence-corrected chi connectivity index (χ0v) is 12.9. The van der Waals surface area contributed by atoms with E-state index in [4.69, 9.17) is 4.74 Å². The van der Waals surface area contributed by atoms with Crippen LogP contribution in [0.4, 0.5) is 0 Å². The molecule has 0 N–H and O–H groups in total. The standard InChI is InChI=1S/C17H24N2O2/c1-3-4-5-6-7-15-13-19(18-17(15)20)12-14-8-10-16(21-2)11-9-14/h8-12,15H,3-7,13H2,1-2H3/b19-12-/t15-/m0/s1. The Kier molecular flexibility index (Phi) is 5.78. The SMILES string of the molecule is CCCCCC[C@H]1C/[N+](=C/c2ccc(OC)cc2)N=C1[O-]. The summed E-state index contributed by atoms with van der Waals surface area (Å²) < 4.78 is 6.90. The molecule has 1 aromatic carbocycles. The summed E-state index contributed by atoms with van der Waals surface area (Å²) in [6.45, 7) is 2.90. The third-order valence-electron chi connectivity index (χ3n) is 3.80. The van der Waals surface area contributed by atoms with Crippen LogP contribution in [0.15, 0.2) is 29.4 Å². The molecule has 2 rings (SSSR count). The second-order valence-electron chi connectivity index (χ2n) is 5.51. The maximum absolute atomic E-state index is 11.9. The van der Waals surface area contributed by atoms with Crippen LogP contribution in [-0.4, -0.2) is 30.5 Å². The largest absolute Gasteiger partial charge is 0.857 e. The Morgan fingerprint density at radius 3 is 2.71 bits per heavy atom. The number of hydrazone groups is 1. The minimum Gasteiger partial charge on any atom is -0.857 e. The number of hydrogen-bond acceptors (Lipinski definition) is 3. The number of unbranched alkanes of at least 4 members (excludes halogenated alkanes) is 3. The third-order valence-corrected chi connectivity index (χ3v) is 3.80. The smallest absolute Gasteiger partial charge is 0.203 e. The number of benzene rings is 1. The summed E-state index contributed by atoms with van der Waals surface area (Å²) in [5, 5.41) is 16.0. The lowest BCUT2D eigenvalue weighted by Gasteiger charge is -2.10. The molecule has 1 aliphatic heterocycles. The Morgan fingerprint density at radius 1 is 1.29 bits per heavy atom. The third kappa shape index (κ3) is 4.59. The van der Waals surface area contributed by atoms with E-state index < -0.39 is 0 Å². The summed E-state index contributed by atoms with van der Waals surface area (Å²) >= 11 is 0. The topological polar surface area (TPSA) is 47.7 Å². The van der Waals surface area contributed by atoms with E-state index >= 15 is 0 Å². The van der Waals surface area contributed by atoms with Gasteiger partial charge < -0.3 is 9.84 Å². The molecule has 0 saturated heterocycles. The van der Waals surface area contributed by atoms with Crippen LogP contribution in [0.3, 0.4) is 0 Å². The van der Waals surface area contributed by atoms with Gasteiger partial charge in [0.2, 0.25) is 6.21 Å². The maximum Gasteiger partial charge on any atom is 0.203 e. The first-order valence-electron chi connectivity index (χ1n) is 7.74. The minimum absolute atomic E-state index is 0.0243. The van der Waals surface area contributed by atoms with Crippen LogP contribution >= 0.6 is 0 Å². The van der Waals surface area contributed by atoms with E-state index in [0.29, 0.717) is 6.54 Å². The van der Waals surface area contributed by atoms with E-state index in [1.807, 2.05) is 30.5 Å². The summed E-state index contributed by atoms with van der Waals surface area (Å²) in [6, 6.07) is 7.75. The predicted octanol–water partition coefficient (Wildman–Crippen LogP) is 2.40. The van der Waals surface area contributed by atoms with Crippen molar-refractivity contribution in [2.75, 3.05) is 13.7 Å². The molecule has 0 spiro atoms. The molecule has 4 nitrogen and oxygen atoms in total. The Hall–Kier alpha value is -1.84. The van der Waals surface area contributed by atoms with Crippen molar-refractivity contribution in [3.05, 3.63) is 29.8 Å². The molecule has 1 aromatic rings. The van der Waals surface area contributed by atoms with Crippen molar-refractivity contribution in [3.8, 4) is 5.75 Å². The van der Waals surface area contributed by atoms with Gasteiger partial charge in [-0.15, -0.1) is 0 Å². The van der Waals surface area contributed by atoms with Crippen LogP contribution in [0.5, 0.6) is 5.75 Å². The number of hydrogen-bond donors (Lipinski definition) is 0. The molecule has 0 saturated carbocycles. The number of methoxy groups -OCH3 is 1. The first-order valence-corrected chi connectivity index (χ1v) is 7.74. The van der Waals surface area contributed by atoms with E-state index in [0.717, 1.165) is 24.2 Å². The Bertz CT molecular complexity index is 506. The lowest BCUT2D eigenvalue weighted by atomic mass is 10.0. The number of nitrogens with zero attached hydrogens (tertiary/aromatic N) is 2. The minimum atomic E-state index is 0.0243. The predicted molar refractivity (Wildman–Crippen MR) is 83.0 cm³/mol. The quantitative estimate of drug-likeness (QED) is 0.571. The zero-order chi connectivity index (χ0) is 15.1. The van der Waals surface area contributed by atoms with E-state index in [1.165, 1.54) is 19.3 Å². The highest BCUT2D eigenvalue weighted by Gasteiger charge is 2.24. The molecule has 0 unspecified atom stereocenters. The molecule has 114 valence electrons. The first-order chi connectivity index (χ1) is 10.2. The van der Waals surface area contributed by atoms with Crippen molar-refractivity contribution in [2.45, 2.75) is 39.0 Å². The van der Waals surface area contributed by atoms with Gasteiger partial charge in [0.25, 0.3) is 0 Å². The van der Waals surface area contributed by atoms with Crippen molar-refractivity contribution < 1.29 is 14.5 Å². The monoisotopic (exact) mass is 288 g/mol. The van der Waals surface area contributed by atoms with Crippen LogP contribution in [-0.2, 0) is 0 Å². The molecule has 1 atom stereocenters. The fourth-order valence-corrected chi connectivity index (χ4v) is 2.53. The number of ether oxygens (including phenoxy) is 1. The molecule has 0 aliphatic carbocycles. The first kappa shape index (κ1) is 15.5. The van der Waals surface area contributed by atoms with Crippen molar-refractivity contribution in [1.82, 2.24) is 0 Å². The lowest BCUT2D eigenvalue weighted by Crippen LogP contribution is -2.25. The highest BCUT2D eigenvalue weighted by molar-refractivity contribution is 5.78. The van der Waals surface area contributed by atoms with Crippen LogP contribution in [0.1, 0.15) is 44.6 Å². The second-order valence-corrected chi connectivity index (χ2v) is 5.51. The molecule has 1 heterocycles. The van der Waals surface area contributed by atoms with Gasteiger partial charge >= 0.3 is 0 Å². The van der Waals surface area contributed by atoms with Crippen molar-refractivity contribution in [3.63, 3.8) is 0 Å². The molecule has 0 radical (unpaired) electrons. The normalized spacial score (nSPS) is 19.8. The van der Waals surface area contributed by atoms with E-state index in [2.05, 4.69) is 12.0 Å². The van der Waals surface area contributed by atoms with Crippen molar-refractivity contribution >= 4 is 12.1 Å². The zero-order valence-electron chi connectivity index (χ0n) is 12.9. The molecule has 0 fully saturated rings. The molecule has 0 amide bonds. The Morgan fingerprint density at radius 2 is 2.05 bits per heavy atom. The number of rotatable bonds is 7. The van der Waals surface area contributed by atoms with Gasteiger partial charge in [-0.2, -0.15) is 0 Å². The molecule has 21 heavy (non-hydrogen) atoms. The summed E-state index contributed by atoms with van der Waals surface area (Å²) in [7, 11) is 1.65. The van der Waals surface area contributed by atoms with E-state index in [9.17, 15) is 5.11 Å². The van der Waals surface area contributed by atoms with Crippen molar-refractivity contribution in [2.24, 2.45) is 11.0 Å². The van der Waals surface area contributed by atoms with Gasteiger partial charge in [0.05, 0.1) is 13.0 Å². The van der Waals surface area contributed by atoms with Crippen LogP contribution in [0, 0.1) is 5.92 Å². The summed E-state index contributed by atoms with van der Waals surface area (Å²) in [6.07, 6.45) is 7.68. The Labute approximate surface area is 126 Å². The average molecular weight is 288 g/mol. The summed E-state index contributed by atoms with van der Waals surface area (Å²) in [5.74, 6) is 0.919. The van der Waals surface area contributed by atoms with Crippen LogP contribution in [0.25, 0.3) is 0 Å². The molecule has 0 aromatic heterocycles. The van der Waals surface area contributed by atoms with Gasteiger partial charge in [-0.25, -0.2) is 0 Å². The fraction of sp³-hybridized carbons (Fsp3) is 0.529. The molecular formula is C17H24N2O2. The highest BCUT2D eigenvalue weighted by Crippen LogP contribution is 2.16. The second kappa shape index (κ2) is 7.81. The van der Waals surface area contributed by atoms with Gasteiger partial charge in [0.15, 0.2) is 6.54 Å². The highest BCUT2D eigenvalue weighted by atomic mass is 16.5. The molecule has 0 bridgehead atoms. The van der Waals surface area contributed by atoms with E-state index in [-0.39, 0.29) is 11.8 Å². The average Bonchev–Trinajstić information content (AvgIpc) is 2.84. The van der Waals surface area contributed by atoms with Crippen LogP contribution in [0.2, 0.25) is 0 Å². The van der Waals surface area contributed by atoms with Crippen molar-refractivity contribution in [1.29, 1.82) is 0 Å². The summed E-state index contributed by atoms with van der Waals surface area (Å²) in [5.41, 5.74) is 1.03. The van der Waals surface area contributed by atoms with Gasteiger partial charge in [0, 0.05) is 11.5 Å². The molecule has 4 heteroatoms. The van der Waals surface area contributed by atoms with Gasteiger partial charge in [0.1, 0.15) is 5.75 Å². The van der Waals surface area contributed by atoms with Gasteiger partial charge in [-0.1, -0.05) is 37.3 Å².